The fraction of sp³-hybridized carbons (Fsp3) is 0.333. The lowest BCUT2D eigenvalue weighted by molar-refractivity contribution is 1.44. The van der Waals surface area contributed by atoms with Crippen molar-refractivity contribution in [3.05, 3.63) is 23.8 Å². The van der Waals surface area contributed by atoms with E-state index in [4.69, 9.17) is 5.73 Å². The molecule has 0 amide bonds. The van der Waals surface area contributed by atoms with Crippen LogP contribution in [-0.4, -0.2) is 9.52 Å². The summed E-state index contributed by atoms with van der Waals surface area (Å²) in [5, 5.41) is 1.45. The highest BCUT2D eigenvalue weighted by atomic mass is 28.2. The van der Waals surface area contributed by atoms with E-state index in [0.717, 1.165) is 15.2 Å². The van der Waals surface area contributed by atoms with Gasteiger partial charge in [-0.25, -0.2) is 0 Å². The smallest absolute Gasteiger partial charge is 0.0808 e. The van der Waals surface area contributed by atoms with Gasteiger partial charge in [-0.1, -0.05) is 29.8 Å². The Kier molecular flexibility index (Phi) is 2.71. The van der Waals surface area contributed by atoms with Crippen LogP contribution in [0.1, 0.15) is 12.5 Å². The van der Waals surface area contributed by atoms with Gasteiger partial charge in [-0.3, -0.25) is 0 Å². The van der Waals surface area contributed by atoms with Gasteiger partial charge in [-0.05, 0) is 19.1 Å². The van der Waals surface area contributed by atoms with Crippen LogP contribution in [0.3, 0.4) is 0 Å². The molecule has 1 aromatic carbocycles. The van der Waals surface area contributed by atoms with Crippen LogP contribution in [0.4, 0.5) is 5.69 Å². The standard InChI is InChI=1S/C9H13NSi/c1-3-11-9-5-4-8(10)6-7(9)2/h4-6H,3,10H2,1-2H3. The van der Waals surface area contributed by atoms with Crippen molar-refractivity contribution in [3.63, 3.8) is 0 Å². The molecular weight excluding hydrogens is 150 g/mol. The van der Waals surface area contributed by atoms with Crippen LogP contribution in [0, 0.1) is 6.92 Å². The van der Waals surface area contributed by atoms with Crippen molar-refractivity contribution in [1.29, 1.82) is 0 Å². The molecule has 0 aliphatic carbocycles. The summed E-state index contributed by atoms with van der Waals surface area (Å²) in [5.41, 5.74) is 7.82. The predicted molar refractivity (Wildman–Crippen MR) is 51.5 cm³/mol. The summed E-state index contributed by atoms with van der Waals surface area (Å²) in [6.07, 6.45) is 0. The Bertz CT molecular complexity index is 245. The first kappa shape index (κ1) is 8.33. The van der Waals surface area contributed by atoms with Crippen LogP contribution < -0.4 is 10.9 Å². The topological polar surface area (TPSA) is 26.0 Å². The highest BCUT2D eigenvalue weighted by Crippen LogP contribution is 2.02. The summed E-state index contributed by atoms with van der Waals surface area (Å²) < 4.78 is 0. The van der Waals surface area contributed by atoms with Crippen LogP contribution >= 0.6 is 0 Å². The third kappa shape index (κ3) is 2.08. The molecule has 0 saturated carbocycles. The molecule has 2 N–H and O–H groups in total. The number of benzene rings is 1. The van der Waals surface area contributed by atoms with Crippen LogP contribution in [0.2, 0.25) is 6.04 Å². The SMILES string of the molecule is CC[Si]c1ccc(N)cc1C. The summed E-state index contributed by atoms with van der Waals surface area (Å²) >= 11 is 0. The van der Waals surface area contributed by atoms with Gasteiger partial charge in [0.05, 0.1) is 9.52 Å². The highest BCUT2D eigenvalue weighted by Gasteiger charge is 1.96. The Morgan fingerprint density at radius 3 is 2.73 bits per heavy atom. The van der Waals surface area contributed by atoms with E-state index in [9.17, 15) is 0 Å². The van der Waals surface area contributed by atoms with Gasteiger partial charge in [-0.2, -0.15) is 0 Å². The lowest BCUT2D eigenvalue weighted by Gasteiger charge is -2.03. The monoisotopic (exact) mass is 163 g/mol. The van der Waals surface area contributed by atoms with E-state index in [2.05, 4.69) is 19.9 Å². The molecule has 0 bridgehead atoms. The molecule has 0 fully saturated rings. The molecule has 0 aliphatic rings. The third-order valence-electron chi connectivity index (χ3n) is 1.62. The van der Waals surface area contributed by atoms with Gasteiger partial charge in [-0.15, -0.1) is 0 Å². The Morgan fingerprint density at radius 2 is 2.18 bits per heavy atom. The van der Waals surface area contributed by atoms with E-state index in [1.54, 1.807) is 0 Å². The van der Waals surface area contributed by atoms with E-state index >= 15 is 0 Å². The maximum atomic E-state index is 5.63. The fourth-order valence-corrected chi connectivity index (χ4v) is 2.01. The van der Waals surface area contributed by atoms with E-state index in [-0.39, 0.29) is 0 Å². The molecule has 0 spiro atoms. The van der Waals surface area contributed by atoms with Crippen LogP contribution in [-0.2, 0) is 0 Å². The van der Waals surface area contributed by atoms with E-state index in [0.29, 0.717) is 0 Å². The quantitative estimate of drug-likeness (QED) is 0.517. The first-order chi connectivity index (χ1) is 5.24. The molecule has 0 aromatic heterocycles. The van der Waals surface area contributed by atoms with Crippen molar-refractivity contribution in [3.8, 4) is 0 Å². The van der Waals surface area contributed by atoms with Gasteiger partial charge in [0.15, 0.2) is 0 Å². The number of aryl methyl sites for hydroxylation is 1. The van der Waals surface area contributed by atoms with Crippen molar-refractivity contribution in [2.45, 2.75) is 19.9 Å². The largest absolute Gasteiger partial charge is 0.399 e. The highest BCUT2D eigenvalue weighted by molar-refractivity contribution is 6.53. The van der Waals surface area contributed by atoms with E-state index in [1.165, 1.54) is 16.8 Å². The molecule has 0 unspecified atom stereocenters. The predicted octanol–water partition coefficient (Wildman–Crippen LogP) is 1.34. The van der Waals surface area contributed by atoms with Gasteiger partial charge in [0.25, 0.3) is 0 Å². The molecule has 2 radical (unpaired) electrons. The molecule has 0 saturated heterocycles. The van der Waals surface area contributed by atoms with Gasteiger partial charge < -0.3 is 5.73 Å². The fourth-order valence-electron chi connectivity index (χ4n) is 1.08. The van der Waals surface area contributed by atoms with Crippen molar-refractivity contribution in [2.24, 2.45) is 0 Å². The van der Waals surface area contributed by atoms with E-state index in [1.807, 2.05) is 12.1 Å². The Labute approximate surface area is 70.4 Å². The lowest BCUT2D eigenvalue weighted by atomic mass is 10.2. The maximum absolute atomic E-state index is 5.63. The number of hydrogen-bond acceptors (Lipinski definition) is 1. The second kappa shape index (κ2) is 3.58. The summed E-state index contributed by atoms with van der Waals surface area (Å²) in [6.45, 7) is 4.32. The Hall–Kier alpha value is -0.763. The molecule has 0 atom stereocenters. The summed E-state index contributed by atoms with van der Waals surface area (Å²) in [5.74, 6) is 0. The van der Waals surface area contributed by atoms with Gasteiger partial charge in [0.1, 0.15) is 0 Å². The van der Waals surface area contributed by atoms with Gasteiger partial charge in [0.2, 0.25) is 0 Å². The van der Waals surface area contributed by atoms with Crippen molar-refractivity contribution in [2.75, 3.05) is 5.73 Å². The molecule has 2 heteroatoms. The zero-order chi connectivity index (χ0) is 8.27. The first-order valence-electron chi connectivity index (χ1n) is 3.84. The summed E-state index contributed by atoms with van der Waals surface area (Å²) in [4.78, 5) is 0. The third-order valence-corrected chi connectivity index (χ3v) is 2.91. The zero-order valence-corrected chi connectivity index (χ0v) is 8.02. The normalized spacial score (nSPS) is 10.0. The Balaban J connectivity index is 2.90. The molecule has 1 nitrogen and oxygen atoms in total. The van der Waals surface area contributed by atoms with Crippen molar-refractivity contribution in [1.82, 2.24) is 0 Å². The van der Waals surface area contributed by atoms with Crippen LogP contribution in [0.15, 0.2) is 18.2 Å². The summed E-state index contributed by atoms with van der Waals surface area (Å²) in [6, 6.07) is 7.38. The lowest BCUT2D eigenvalue weighted by Crippen LogP contribution is -2.16. The molecule has 11 heavy (non-hydrogen) atoms. The molecular formula is C9H13NSi. The zero-order valence-electron chi connectivity index (χ0n) is 7.02. The van der Waals surface area contributed by atoms with Crippen molar-refractivity contribution < 1.29 is 0 Å². The first-order valence-corrected chi connectivity index (χ1v) is 5.04. The van der Waals surface area contributed by atoms with Gasteiger partial charge >= 0.3 is 0 Å². The number of hydrogen-bond donors (Lipinski definition) is 1. The minimum absolute atomic E-state index is 0.868. The van der Waals surface area contributed by atoms with Crippen molar-refractivity contribution >= 4 is 20.4 Å². The van der Waals surface area contributed by atoms with Crippen LogP contribution in [0.5, 0.6) is 0 Å². The average Bonchev–Trinajstić information content (AvgIpc) is 1.95. The molecule has 58 valence electrons. The molecule has 1 rings (SSSR count). The Morgan fingerprint density at radius 1 is 1.45 bits per heavy atom. The average molecular weight is 163 g/mol. The number of nitrogen functional groups attached to an aromatic ring is 1. The van der Waals surface area contributed by atoms with Gasteiger partial charge in [0, 0.05) is 5.69 Å². The van der Waals surface area contributed by atoms with E-state index < -0.39 is 0 Å². The molecule has 0 aliphatic heterocycles. The minimum Gasteiger partial charge on any atom is -0.399 e. The molecule has 0 heterocycles. The second-order valence-electron chi connectivity index (χ2n) is 2.60. The maximum Gasteiger partial charge on any atom is 0.0808 e. The number of anilines is 1. The van der Waals surface area contributed by atoms with Crippen LogP contribution in [0.25, 0.3) is 0 Å². The second-order valence-corrected chi connectivity index (χ2v) is 4.20. The summed E-state index contributed by atoms with van der Waals surface area (Å²) in [7, 11) is 0.927. The molecule has 1 aromatic rings. The number of nitrogens with two attached hydrogens (primary N) is 1. The minimum atomic E-state index is 0.868. The number of rotatable bonds is 2.